The fraction of sp³-hybridized carbons (Fsp3) is 0.368. The molecule has 1 aliphatic heterocycles. The molecule has 0 unspecified atom stereocenters. The maximum atomic E-state index is 3.59. The average molecular weight is 280 g/mol. The standard InChI is InChI=1S/C19H24N2/c1-16(18-7-3-2-4-8-18)20-15-17-9-11-19(12-10-17)21-13-5-6-14-21/h2-4,7-12,16,20H,5-6,13-15H2,1H3/t16-/m0/s1. The molecule has 2 aromatic carbocycles. The summed E-state index contributed by atoms with van der Waals surface area (Å²) in [6.07, 6.45) is 2.66. The Morgan fingerprint density at radius 3 is 2.29 bits per heavy atom. The van der Waals surface area contributed by atoms with Gasteiger partial charge in [-0.25, -0.2) is 0 Å². The average Bonchev–Trinajstić information content (AvgIpc) is 3.08. The lowest BCUT2D eigenvalue weighted by Gasteiger charge is -2.18. The number of nitrogens with one attached hydrogen (secondary N) is 1. The minimum absolute atomic E-state index is 0.379. The van der Waals surface area contributed by atoms with Gasteiger partial charge in [-0.15, -0.1) is 0 Å². The fourth-order valence-electron chi connectivity index (χ4n) is 2.93. The van der Waals surface area contributed by atoms with Gasteiger partial charge in [0.05, 0.1) is 0 Å². The molecule has 0 spiro atoms. The third-order valence-electron chi connectivity index (χ3n) is 4.32. The van der Waals surface area contributed by atoms with E-state index < -0.39 is 0 Å². The fourth-order valence-corrected chi connectivity index (χ4v) is 2.93. The summed E-state index contributed by atoms with van der Waals surface area (Å²) in [5, 5.41) is 3.59. The Kier molecular flexibility index (Phi) is 4.56. The second-order valence-electron chi connectivity index (χ2n) is 5.87. The number of hydrogen-bond donors (Lipinski definition) is 1. The molecule has 3 rings (SSSR count). The zero-order valence-corrected chi connectivity index (χ0v) is 12.8. The van der Waals surface area contributed by atoms with Crippen molar-refractivity contribution in [3.63, 3.8) is 0 Å². The molecule has 0 aromatic heterocycles. The largest absolute Gasteiger partial charge is 0.372 e. The Morgan fingerprint density at radius 2 is 1.62 bits per heavy atom. The van der Waals surface area contributed by atoms with Crippen LogP contribution in [-0.2, 0) is 6.54 Å². The highest BCUT2D eigenvalue weighted by atomic mass is 15.1. The third kappa shape index (κ3) is 3.64. The summed E-state index contributed by atoms with van der Waals surface area (Å²) in [4.78, 5) is 2.48. The summed E-state index contributed by atoms with van der Waals surface area (Å²) in [5.74, 6) is 0. The van der Waals surface area contributed by atoms with E-state index >= 15 is 0 Å². The van der Waals surface area contributed by atoms with Gasteiger partial charge in [-0.1, -0.05) is 42.5 Å². The van der Waals surface area contributed by atoms with Crippen LogP contribution in [0.1, 0.15) is 36.9 Å². The molecule has 0 aliphatic carbocycles. The minimum Gasteiger partial charge on any atom is -0.372 e. The second kappa shape index (κ2) is 6.77. The Bertz CT molecular complexity index is 542. The van der Waals surface area contributed by atoms with Gasteiger partial charge in [0.2, 0.25) is 0 Å². The molecule has 0 radical (unpaired) electrons. The third-order valence-corrected chi connectivity index (χ3v) is 4.32. The van der Waals surface area contributed by atoms with E-state index in [0.717, 1.165) is 6.54 Å². The monoisotopic (exact) mass is 280 g/mol. The highest BCUT2D eigenvalue weighted by Crippen LogP contribution is 2.20. The molecule has 110 valence electrons. The van der Waals surface area contributed by atoms with Gasteiger partial charge < -0.3 is 10.2 Å². The Morgan fingerprint density at radius 1 is 0.952 bits per heavy atom. The SMILES string of the molecule is C[C@H](NCc1ccc(N2CCCC2)cc1)c1ccccc1. The number of rotatable bonds is 5. The van der Waals surface area contributed by atoms with Crippen molar-refractivity contribution < 1.29 is 0 Å². The van der Waals surface area contributed by atoms with Gasteiger partial charge in [-0.05, 0) is 43.0 Å². The van der Waals surface area contributed by atoms with Crippen molar-refractivity contribution in [2.24, 2.45) is 0 Å². The molecule has 0 bridgehead atoms. The number of anilines is 1. The van der Waals surface area contributed by atoms with E-state index in [-0.39, 0.29) is 0 Å². The Balaban J connectivity index is 1.55. The van der Waals surface area contributed by atoms with Gasteiger partial charge in [0.25, 0.3) is 0 Å². The predicted octanol–water partition coefficient (Wildman–Crippen LogP) is 4.14. The first-order chi connectivity index (χ1) is 10.3. The van der Waals surface area contributed by atoms with Gasteiger partial charge in [0.15, 0.2) is 0 Å². The van der Waals surface area contributed by atoms with Crippen LogP contribution < -0.4 is 10.2 Å². The summed E-state index contributed by atoms with van der Waals surface area (Å²) in [6.45, 7) is 5.55. The van der Waals surface area contributed by atoms with Gasteiger partial charge >= 0.3 is 0 Å². The van der Waals surface area contributed by atoms with E-state index in [2.05, 4.69) is 71.7 Å². The molecule has 1 atom stereocenters. The van der Waals surface area contributed by atoms with E-state index in [4.69, 9.17) is 0 Å². The molecule has 0 amide bonds. The van der Waals surface area contributed by atoms with E-state index in [1.807, 2.05) is 0 Å². The highest BCUT2D eigenvalue weighted by Gasteiger charge is 2.11. The molecule has 1 heterocycles. The van der Waals surface area contributed by atoms with E-state index in [0.29, 0.717) is 6.04 Å². The van der Waals surface area contributed by atoms with Crippen LogP contribution in [0.3, 0.4) is 0 Å². The van der Waals surface area contributed by atoms with Crippen LogP contribution in [0.5, 0.6) is 0 Å². The summed E-state index contributed by atoms with van der Waals surface area (Å²) in [6, 6.07) is 20.0. The lowest BCUT2D eigenvalue weighted by atomic mass is 10.1. The van der Waals surface area contributed by atoms with Crippen molar-refractivity contribution in [2.75, 3.05) is 18.0 Å². The van der Waals surface area contributed by atoms with Crippen LogP contribution in [0.4, 0.5) is 5.69 Å². The highest BCUT2D eigenvalue weighted by molar-refractivity contribution is 5.48. The first kappa shape index (κ1) is 14.2. The molecular weight excluding hydrogens is 256 g/mol. The Hall–Kier alpha value is -1.80. The Labute approximate surface area is 127 Å². The topological polar surface area (TPSA) is 15.3 Å². The smallest absolute Gasteiger partial charge is 0.0366 e. The molecule has 1 saturated heterocycles. The maximum Gasteiger partial charge on any atom is 0.0366 e. The van der Waals surface area contributed by atoms with Crippen molar-refractivity contribution in [3.8, 4) is 0 Å². The zero-order valence-electron chi connectivity index (χ0n) is 12.8. The van der Waals surface area contributed by atoms with Crippen molar-refractivity contribution in [3.05, 3.63) is 65.7 Å². The molecule has 2 nitrogen and oxygen atoms in total. The van der Waals surface area contributed by atoms with E-state index in [1.54, 1.807) is 0 Å². The summed E-state index contributed by atoms with van der Waals surface area (Å²) < 4.78 is 0. The van der Waals surface area contributed by atoms with Crippen molar-refractivity contribution in [2.45, 2.75) is 32.4 Å². The van der Waals surface area contributed by atoms with Crippen molar-refractivity contribution >= 4 is 5.69 Å². The predicted molar refractivity (Wildman–Crippen MR) is 89.6 cm³/mol. The summed E-state index contributed by atoms with van der Waals surface area (Å²) in [7, 11) is 0. The molecule has 2 heteroatoms. The normalized spacial score (nSPS) is 16.1. The van der Waals surface area contributed by atoms with Gasteiger partial charge in [0, 0.05) is 31.4 Å². The van der Waals surface area contributed by atoms with Gasteiger partial charge in [-0.2, -0.15) is 0 Å². The molecule has 21 heavy (non-hydrogen) atoms. The lowest BCUT2D eigenvalue weighted by Crippen LogP contribution is -2.19. The zero-order chi connectivity index (χ0) is 14.5. The van der Waals surface area contributed by atoms with Crippen LogP contribution >= 0.6 is 0 Å². The van der Waals surface area contributed by atoms with Crippen molar-refractivity contribution in [1.29, 1.82) is 0 Å². The number of benzene rings is 2. The molecule has 1 N–H and O–H groups in total. The van der Waals surface area contributed by atoms with Gasteiger partial charge in [0.1, 0.15) is 0 Å². The molecule has 1 aliphatic rings. The first-order valence-electron chi connectivity index (χ1n) is 7.95. The maximum absolute atomic E-state index is 3.59. The van der Waals surface area contributed by atoms with Crippen LogP contribution in [0, 0.1) is 0 Å². The quantitative estimate of drug-likeness (QED) is 0.885. The minimum atomic E-state index is 0.379. The number of hydrogen-bond acceptors (Lipinski definition) is 2. The molecular formula is C19H24N2. The number of nitrogens with zero attached hydrogens (tertiary/aromatic N) is 1. The first-order valence-corrected chi connectivity index (χ1v) is 7.95. The van der Waals surface area contributed by atoms with Crippen LogP contribution in [0.2, 0.25) is 0 Å². The van der Waals surface area contributed by atoms with Gasteiger partial charge in [-0.3, -0.25) is 0 Å². The lowest BCUT2D eigenvalue weighted by molar-refractivity contribution is 0.575. The molecule has 0 saturated carbocycles. The summed E-state index contributed by atoms with van der Waals surface area (Å²) >= 11 is 0. The van der Waals surface area contributed by atoms with Crippen LogP contribution in [-0.4, -0.2) is 13.1 Å². The van der Waals surface area contributed by atoms with Crippen LogP contribution in [0.25, 0.3) is 0 Å². The van der Waals surface area contributed by atoms with Crippen LogP contribution in [0.15, 0.2) is 54.6 Å². The summed E-state index contributed by atoms with van der Waals surface area (Å²) in [5.41, 5.74) is 4.05. The molecule has 1 fully saturated rings. The second-order valence-corrected chi connectivity index (χ2v) is 5.87. The van der Waals surface area contributed by atoms with E-state index in [9.17, 15) is 0 Å². The molecule has 2 aromatic rings. The van der Waals surface area contributed by atoms with Crippen molar-refractivity contribution in [1.82, 2.24) is 5.32 Å². The van der Waals surface area contributed by atoms with E-state index in [1.165, 1.54) is 42.7 Å².